The molecule has 0 heterocycles. The van der Waals surface area contributed by atoms with E-state index < -0.39 is 17.9 Å². The van der Waals surface area contributed by atoms with Crippen molar-refractivity contribution in [3.8, 4) is 0 Å². The molecule has 0 amide bonds. The predicted octanol–water partition coefficient (Wildman–Crippen LogP) is -7.30. The van der Waals surface area contributed by atoms with Gasteiger partial charge in [0, 0.05) is 36.4 Å². The largest absolute Gasteiger partial charge is 3.00 e. The van der Waals surface area contributed by atoms with E-state index in [0.717, 1.165) is 0 Å². The number of hydrogen-bond acceptors (Lipinski definition) is 9. The first-order valence-electron chi connectivity index (χ1n) is 3.51. The molecule has 1 radical (unpaired) electrons. The summed E-state index contributed by atoms with van der Waals surface area (Å²) in [5, 5.41) is 27.4. The Morgan fingerprint density at radius 3 is 0.765 bits per heavy atom. The van der Waals surface area contributed by atoms with Gasteiger partial charge >= 0.3 is 17.4 Å². The molecule has 11 heteroatoms. The SMILES string of the molecule is NCC(=O)[O-].NCC(=O)[O-].NCC(=O)[O-].[Al+3].[Co]. The Kier molecular flexibility index (Phi) is 43.1. The minimum Gasteiger partial charge on any atom is -0.549 e. The van der Waals surface area contributed by atoms with Gasteiger partial charge in [0.15, 0.2) is 0 Å². The van der Waals surface area contributed by atoms with Crippen molar-refractivity contribution < 1.29 is 46.5 Å². The molecule has 0 aromatic carbocycles. The Morgan fingerprint density at radius 2 is 0.765 bits per heavy atom. The van der Waals surface area contributed by atoms with Gasteiger partial charge in [0.2, 0.25) is 0 Å². The van der Waals surface area contributed by atoms with Crippen molar-refractivity contribution in [1.82, 2.24) is 0 Å². The molecule has 6 N–H and O–H groups in total. The predicted molar refractivity (Wildman–Crippen MR) is 47.9 cm³/mol. The molecule has 0 rings (SSSR count). The Labute approximate surface area is 119 Å². The fourth-order valence-electron chi connectivity index (χ4n) is 0. The van der Waals surface area contributed by atoms with Gasteiger partial charge < -0.3 is 46.9 Å². The van der Waals surface area contributed by atoms with Gasteiger partial charge in [0.1, 0.15) is 0 Å². The average Bonchev–Trinajstić information content (AvgIpc) is 2.19. The van der Waals surface area contributed by atoms with Gasteiger partial charge in [-0.3, -0.25) is 0 Å². The molecular weight excluding hydrogens is 296 g/mol. The summed E-state index contributed by atoms with van der Waals surface area (Å²) in [5.41, 5.74) is 13.5. The van der Waals surface area contributed by atoms with Crippen molar-refractivity contribution in [3.63, 3.8) is 0 Å². The number of carbonyl (C=O) groups is 3. The molecule has 0 atom stereocenters. The first-order valence-corrected chi connectivity index (χ1v) is 3.51. The molecule has 0 bridgehead atoms. The first kappa shape index (κ1) is 29.9. The minimum atomic E-state index is -1.22. The van der Waals surface area contributed by atoms with Gasteiger partial charge in [-0.25, -0.2) is 0 Å². The number of hydrogen-bond donors (Lipinski definition) is 3. The number of carboxylic acids is 3. The van der Waals surface area contributed by atoms with Crippen LogP contribution in [0.4, 0.5) is 0 Å². The van der Waals surface area contributed by atoms with E-state index in [1.165, 1.54) is 0 Å². The first-order chi connectivity index (χ1) is 6.81. The summed E-state index contributed by atoms with van der Waals surface area (Å²) in [7, 11) is 0. The molecule has 99 valence electrons. The molecule has 17 heavy (non-hydrogen) atoms. The fourth-order valence-corrected chi connectivity index (χ4v) is 0. The number of carboxylic acid groups (broad SMARTS) is 3. The van der Waals surface area contributed by atoms with Crippen LogP contribution >= 0.6 is 0 Å². The van der Waals surface area contributed by atoms with Crippen LogP contribution in [-0.4, -0.2) is 54.9 Å². The van der Waals surface area contributed by atoms with E-state index in [-0.39, 0.29) is 53.8 Å². The van der Waals surface area contributed by atoms with Crippen molar-refractivity contribution in [2.45, 2.75) is 0 Å². The van der Waals surface area contributed by atoms with Gasteiger partial charge in [0.05, 0.1) is 17.9 Å². The molecule has 0 fully saturated rings. The molecule has 0 saturated carbocycles. The smallest absolute Gasteiger partial charge is 0.549 e. The average molecular weight is 308 g/mol. The van der Waals surface area contributed by atoms with E-state index in [4.69, 9.17) is 29.7 Å². The van der Waals surface area contributed by atoms with Crippen molar-refractivity contribution in [2.75, 3.05) is 19.6 Å². The van der Waals surface area contributed by atoms with E-state index in [9.17, 15) is 0 Å². The van der Waals surface area contributed by atoms with Crippen molar-refractivity contribution in [2.24, 2.45) is 17.2 Å². The normalized spacial score (nSPS) is 6.53. The van der Waals surface area contributed by atoms with Gasteiger partial charge in [-0.1, -0.05) is 0 Å². The van der Waals surface area contributed by atoms with Crippen LogP contribution in [0.5, 0.6) is 0 Å². The number of rotatable bonds is 3. The third kappa shape index (κ3) is 95.9. The van der Waals surface area contributed by atoms with Crippen LogP contribution in [0.1, 0.15) is 0 Å². The van der Waals surface area contributed by atoms with E-state index in [1.54, 1.807) is 0 Å². The molecule has 0 saturated heterocycles. The van der Waals surface area contributed by atoms with Gasteiger partial charge in [-0.2, -0.15) is 0 Å². The maximum absolute atomic E-state index is 9.13. The third-order valence-electron chi connectivity index (χ3n) is 0.500. The van der Waals surface area contributed by atoms with Crippen LogP contribution in [0, 0.1) is 0 Å². The zero-order valence-corrected chi connectivity index (χ0v) is 10.9. The second-order valence-corrected chi connectivity index (χ2v) is 1.73. The molecule has 0 unspecified atom stereocenters. The second-order valence-electron chi connectivity index (χ2n) is 1.73. The van der Waals surface area contributed by atoms with E-state index >= 15 is 0 Å². The topological polar surface area (TPSA) is 198 Å². The van der Waals surface area contributed by atoms with Crippen LogP contribution in [0.3, 0.4) is 0 Å². The Hall–Kier alpha value is -0.671. The quantitative estimate of drug-likeness (QED) is 0.423. The molecule has 0 aromatic rings. The molecule has 0 aromatic heterocycles. The number of aliphatic carboxylic acids is 3. The summed E-state index contributed by atoms with van der Waals surface area (Å²) >= 11 is 0. The van der Waals surface area contributed by atoms with Gasteiger partial charge in [0.25, 0.3) is 0 Å². The van der Waals surface area contributed by atoms with Gasteiger partial charge in [-0.15, -0.1) is 0 Å². The van der Waals surface area contributed by atoms with Crippen molar-refractivity contribution in [3.05, 3.63) is 0 Å². The standard InChI is InChI=1S/3C2H5NO2.Al.Co/c3*3-1-2(4)5;;/h3*1,3H2,(H,4,5);;/q;;;+3;/p-3. The molecule has 0 aliphatic heterocycles. The number of nitrogens with two attached hydrogens (primary N) is 3. The summed E-state index contributed by atoms with van der Waals surface area (Å²) in [4.78, 5) is 27.4. The Balaban J connectivity index is -0.0000000400. The summed E-state index contributed by atoms with van der Waals surface area (Å²) in [6.07, 6.45) is 0. The van der Waals surface area contributed by atoms with Crippen molar-refractivity contribution in [1.29, 1.82) is 0 Å². The molecule has 0 spiro atoms. The van der Waals surface area contributed by atoms with Crippen LogP contribution in [0.25, 0.3) is 0 Å². The summed E-state index contributed by atoms with van der Waals surface area (Å²) in [5.74, 6) is -3.65. The van der Waals surface area contributed by atoms with Crippen LogP contribution in [0.2, 0.25) is 0 Å². The Bertz CT molecular complexity index is 173. The fraction of sp³-hybridized carbons (Fsp3) is 0.500. The maximum Gasteiger partial charge on any atom is 3.00 e. The minimum absolute atomic E-state index is 0. The molecule has 0 aliphatic rings. The summed E-state index contributed by atoms with van der Waals surface area (Å²) in [6, 6.07) is 0. The second kappa shape index (κ2) is 24.5. The van der Waals surface area contributed by atoms with Crippen LogP contribution in [0.15, 0.2) is 0 Å². The maximum atomic E-state index is 9.13. The van der Waals surface area contributed by atoms with Crippen molar-refractivity contribution >= 4 is 35.3 Å². The van der Waals surface area contributed by atoms with Crippen LogP contribution < -0.4 is 32.5 Å². The molecule has 0 aliphatic carbocycles. The van der Waals surface area contributed by atoms with Crippen LogP contribution in [-0.2, 0) is 31.2 Å². The zero-order valence-electron chi connectivity index (χ0n) is 8.71. The number of carbonyl (C=O) groups excluding carboxylic acids is 3. The Morgan fingerprint density at radius 1 is 0.706 bits per heavy atom. The molecular formula is C6H12AlCoN3O6. The third-order valence-corrected chi connectivity index (χ3v) is 0.500. The summed E-state index contributed by atoms with van der Waals surface area (Å²) < 4.78 is 0. The molecule has 9 nitrogen and oxygen atoms in total. The monoisotopic (exact) mass is 308 g/mol. The van der Waals surface area contributed by atoms with Gasteiger partial charge in [-0.05, 0) is 0 Å². The zero-order chi connectivity index (χ0) is 12.9. The van der Waals surface area contributed by atoms with E-state index in [1.807, 2.05) is 0 Å². The van der Waals surface area contributed by atoms with E-state index in [2.05, 4.69) is 17.2 Å². The van der Waals surface area contributed by atoms with E-state index in [0.29, 0.717) is 0 Å². The summed E-state index contributed by atoms with van der Waals surface area (Å²) in [6.45, 7) is -1.17.